The van der Waals surface area contributed by atoms with E-state index in [1.54, 1.807) is 13.0 Å². The highest BCUT2D eigenvalue weighted by molar-refractivity contribution is 9.09. The molecule has 1 heterocycles. The summed E-state index contributed by atoms with van der Waals surface area (Å²) in [7, 11) is 0. The van der Waals surface area contributed by atoms with Crippen LogP contribution >= 0.6 is 27.5 Å². The monoisotopic (exact) mass is 451 g/mol. The van der Waals surface area contributed by atoms with Crippen LogP contribution < -0.4 is 0 Å². The van der Waals surface area contributed by atoms with E-state index in [4.69, 9.17) is 21.3 Å². The SMILES string of the molecule is CCOC(=O)C1=C(CBr)N=C2CC(C)(C)CC(=O)C2C1c1ccccc1Cl. The lowest BCUT2D eigenvalue weighted by atomic mass is 9.63. The Morgan fingerprint density at radius 2 is 2.00 bits per heavy atom. The van der Waals surface area contributed by atoms with Crippen molar-refractivity contribution in [2.75, 3.05) is 11.9 Å². The fourth-order valence-electron chi connectivity index (χ4n) is 4.12. The molecule has 2 atom stereocenters. The zero-order valence-electron chi connectivity index (χ0n) is 15.7. The first-order valence-electron chi connectivity index (χ1n) is 9.09. The Balaban J connectivity index is 2.23. The zero-order chi connectivity index (χ0) is 19.8. The molecule has 0 amide bonds. The highest BCUT2D eigenvalue weighted by atomic mass is 79.9. The number of aliphatic imine (C=N–C) groups is 1. The Morgan fingerprint density at radius 1 is 1.30 bits per heavy atom. The first kappa shape index (κ1) is 20.3. The predicted octanol–water partition coefficient (Wildman–Crippen LogP) is 5.10. The molecule has 2 unspecified atom stereocenters. The van der Waals surface area contributed by atoms with Gasteiger partial charge in [-0.3, -0.25) is 9.79 Å². The molecular formula is C21H23BrClNO3. The summed E-state index contributed by atoms with van der Waals surface area (Å²) < 4.78 is 5.32. The number of carbonyl (C=O) groups excluding carboxylic acids is 2. The van der Waals surface area contributed by atoms with Crippen molar-refractivity contribution in [2.24, 2.45) is 16.3 Å². The summed E-state index contributed by atoms with van der Waals surface area (Å²) in [6.07, 6.45) is 1.17. The number of esters is 1. The van der Waals surface area contributed by atoms with Gasteiger partial charge in [0.1, 0.15) is 5.78 Å². The molecule has 0 radical (unpaired) electrons. The zero-order valence-corrected chi connectivity index (χ0v) is 18.1. The van der Waals surface area contributed by atoms with E-state index < -0.39 is 17.8 Å². The van der Waals surface area contributed by atoms with Crippen LogP contribution in [-0.2, 0) is 14.3 Å². The highest BCUT2D eigenvalue weighted by Crippen LogP contribution is 2.48. The van der Waals surface area contributed by atoms with E-state index in [-0.39, 0.29) is 17.8 Å². The van der Waals surface area contributed by atoms with E-state index in [1.807, 2.05) is 18.2 Å². The standard InChI is InChI=1S/C21H23BrClNO3/c1-4-27-20(26)19-15(11-22)24-14-9-21(2,3)10-16(25)18(14)17(19)12-7-5-6-8-13(12)23/h5-8,17-18H,4,9-11H2,1-3H3. The molecular weight excluding hydrogens is 430 g/mol. The second kappa shape index (κ2) is 7.88. The fraction of sp³-hybridized carbons (Fsp3) is 0.476. The van der Waals surface area contributed by atoms with E-state index in [9.17, 15) is 9.59 Å². The maximum absolute atomic E-state index is 13.1. The van der Waals surface area contributed by atoms with Crippen molar-refractivity contribution in [1.29, 1.82) is 0 Å². The van der Waals surface area contributed by atoms with Gasteiger partial charge in [0.2, 0.25) is 0 Å². The molecule has 0 bridgehead atoms. The van der Waals surface area contributed by atoms with Gasteiger partial charge in [0.25, 0.3) is 0 Å². The number of benzene rings is 1. The van der Waals surface area contributed by atoms with Gasteiger partial charge < -0.3 is 4.74 Å². The Hall–Kier alpha value is -1.46. The third-order valence-corrected chi connectivity index (χ3v) is 5.99. The lowest BCUT2D eigenvalue weighted by molar-refractivity contribution is -0.139. The van der Waals surface area contributed by atoms with Gasteiger partial charge in [0, 0.05) is 28.4 Å². The summed E-state index contributed by atoms with van der Waals surface area (Å²) >= 11 is 9.95. The fourth-order valence-corrected chi connectivity index (χ4v) is 4.80. The molecule has 1 aromatic rings. The minimum Gasteiger partial charge on any atom is -0.463 e. The molecule has 3 rings (SSSR count). The number of hydrogen-bond donors (Lipinski definition) is 0. The second-order valence-electron chi connectivity index (χ2n) is 7.78. The lowest BCUT2D eigenvalue weighted by Gasteiger charge is -2.41. The van der Waals surface area contributed by atoms with Crippen LogP contribution in [0.4, 0.5) is 0 Å². The molecule has 0 aromatic heterocycles. The molecule has 144 valence electrons. The number of alkyl halides is 1. The molecule has 0 spiro atoms. The van der Waals surface area contributed by atoms with E-state index in [0.717, 1.165) is 17.7 Å². The number of allylic oxidation sites excluding steroid dienone is 1. The summed E-state index contributed by atoms with van der Waals surface area (Å²) in [5.74, 6) is -1.27. The molecule has 0 saturated heterocycles. The molecule has 1 fully saturated rings. The van der Waals surface area contributed by atoms with Crippen molar-refractivity contribution in [3.63, 3.8) is 0 Å². The van der Waals surface area contributed by atoms with Gasteiger partial charge in [-0.05, 0) is 30.4 Å². The van der Waals surface area contributed by atoms with Crippen LogP contribution in [0.1, 0.15) is 45.1 Å². The molecule has 0 N–H and O–H groups in total. The molecule has 2 aliphatic rings. The number of nitrogens with zero attached hydrogens (tertiary/aromatic N) is 1. The van der Waals surface area contributed by atoms with Crippen molar-refractivity contribution in [3.8, 4) is 0 Å². The second-order valence-corrected chi connectivity index (χ2v) is 8.75. The average Bonchev–Trinajstić information content (AvgIpc) is 2.59. The highest BCUT2D eigenvalue weighted by Gasteiger charge is 2.48. The molecule has 4 nitrogen and oxygen atoms in total. The van der Waals surface area contributed by atoms with E-state index >= 15 is 0 Å². The van der Waals surface area contributed by atoms with Crippen LogP contribution in [-0.4, -0.2) is 29.4 Å². The van der Waals surface area contributed by atoms with Gasteiger partial charge in [-0.1, -0.05) is 59.6 Å². The van der Waals surface area contributed by atoms with Crippen LogP contribution in [0.3, 0.4) is 0 Å². The predicted molar refractivity (Wildman–Crippen MR) is 111 cm³/mol. The number of ether oxygens (including phenoxy) is 1. The van der Waals surface area contributed by atoms with Crippen LogP contribution in [0.15, 0.2) is 40.5 Å². The molecule has 1 aromatic carbocycles. The lowest BCUT2D eigenvalue weighted by Crippen LogP contribution is -2.44. The van der Waals surface area contributed by atoms with Crippen molar-refractivity contribution >= 4 is 45.0 Å². The third-order valence-electron chi connectivity index (χ3n) is 5.11. The van der Waals surface area contributed by atoms with Gasteiger partial charge in [-0.2, -0.15) is 0 Å². The number of carbonyl (C=O) groups is 2. The first-order chi connectivity index (χ1) is 12.8. The Labute approximate surface area is 173 Å². The van der Waals surface area contributed by atoms with Crippen LogP contribution in [0.2, 0.25) is 5.02 Å². The minimum atomic E-state index is -0.472. The van der Waals surface area contributed by atoms with E-state index in [2.05, 4.69) is 29.8 Å². The maximum atomic E-state index is 13.1. The van der Waals surface area contributed by atoms with Gasteiger partial charge in [-0.15, -0.1) is 0 Å². The molecule has 1 saturated carbocycles. The van der Waals surface area contributed by atoms with Crippen LogP contribution in [0, 0.1) is 11.3 Å². The van der Waals surface area contributed by atoms with Gasteiger partial charge in [0.05, 0.1) is 23.8 Å². The third kappa shape index (κ3) is 3.90. The summed E-state index contributed by atoms with van der Waals surface area (Å²) in [5, 5.41) is 0.949. The molecule has 1 aliphatic heterocycles. The Morgan fingerprint density at radius 3 is 2.63 bits per heavy atom. The topological polar surface area (TPSA) is 55.7 Å². The summed E-state index contributed by atoms with van der Waals surface area (Å²) in [5.41, 5.74) is 2.52. The summed E-state index contributed by atoms with van der Waals surface area (Å²) in [6.45, 7) is 6.18. The molecule has 1 aliphatic carbocycles. The van der Waals surface area contributed by atoms with Gasteiger partial charge in [0.15, 0.2) is 0 Å². The average molecular weight is 453 g/mol. The maximum Gasteiger partial charge on any atom is 0.336 e. The van der Waals surface area contributed by atoms with Crippen molar-refractivity contribution < 1.29 is 14.3 Å². The number of ketones is 1. The van der Waals surface area contributed by atoms with Crippen molar-refractivity contribution in [2.45, 2.75) is 39.5 Å². The van der Waals surface area contributed by atoms with Crippen molar-refractivity contribution in [1.82, 2.24) is 0 Å². The number of hydrogen-bond acceptors (Lipinski definition) is 4. The first-order valence-corrected chi connectivity index (χ1v) is 10.6. The number of fused-ring (bicyclic) bond motifs is 1. The van der Waals surface area contributed by atoms with Gasteiger partial charge in [-0.25, -0.2) is 4.79 Å². The quantitative estimate of drug-likeness (QED) is 0.472. The van der Waals surface area contributed by atoms with Gasteiger partial charge >= 0.3 is 5.97 Å². The molecule has 6 heteroatoms. The normalized spacial score (nSPS) is 24.3. The van der Waals surface area contributed by atoms with Crippen molar-refractivity contribution in [3.05, 3.63) is 46.1 Å². The Kier molecular flexibility index (Phi) is 5.92. The number of rotatable bonds is 4. The Bertz CT molecular complexity index is 844. The number of Topliss-reactive ketones (excluding diaryl/α,β-unsaturated/α-hetero) is 1. The smallest absolute Gasteiger partial charge is 0.336 e. The molecule has 27 heavy (non-hydrogen) atoms. The van der Waals surface area contributed by atoms with E-state index in [1.165, 1.54) is 0 Å². The minimum absolute atomic E-state index is 0.102. The van der Waals surface area contributed by atoms with E-state index in [0.29, 0.717) is 28.0 Å². The number of halogens is 2. The largest absolute Gasteiger partial charge is 0.463 e. The summed E-state index contributed by atoms with van der Waals surface area (Å²) in [4.78, 5) is 30.7. The van der Waals surface area contributed by atoms with Crippen LogP contribution in [0.5, 0.6) is 0 Å². The summed E-state index contributed by atoms with van der Waals surface area (Å²) in [6, 6.07) is 7.39. The van der Waals surface area contributed by atoms with Crippen LogP contribution in [0.25, 0.3) is 0 Å².